The summed E-state index contributed by atoms with van der Waals surface area (Å²) in [5.74, 6) is -2.63. The van der Waals surface area contributed by atoms with Crippen molar-refractivity contribution < 1.29 is 28.3 Å². The summed E-state index contributed by atoms with van der Waals surface area (Å²) in [4.78, 5) is 23.3. The van der Waals surface area contributed by atoms with Crippen LogP contribution in [0, 0.1) is 10.1 Å². The van der Waals surface area contributed by atoms with Gasteiger partial charge in [-0.05, 0) is 16.0 Å². The molecule has 0 amide bonds. The minimum absolute atomic E-state index is 0.297. The third-order valence-electron chi connectivity index (χ3n) is 2.01. The zero-order valence-corrected chi connectivity index (χ0v) is 9.09. The first kappa shape index (κ1) is 13.7. The van der Waals surface area contributed by atoms with Gasteiger partial charge in [-0.3, -0.25) is 4.79 Å². The number of nitro groups is 1. The molecule has 0 bridgehead atoms. The van der Waals surface area contributed by atoms with Crippen LogP contribution >= 0.6 is 0 Å². The van der Waals surface area contributed by atoms with Crippen molar-refractivity contribution >= 4 is 11.8 Å². The van der Waals surface area contributed by atoms with E-state index in [4.69, 9.17) is 5.11 Å². The number of carboxylic acids is 1. The molecular formula is C9H8F2N2O5. The van der Waals surface area contributed by atoms with Gasteiger partial charge in [0.2, 0.25) is 0 Å². The average Bonchev–Trinajstić information content (AvgIpc) is 2.26. The van der Waals surface area contributed by atoms with Crippen LogP contribution in [0.15, 0.2) is 6.07 Å². The van der Waals surface area contributed by atoms with E-state index in [0.717, 1.165) is 13.2 Å². The monoisotopic (exact) mass is 262 g/mol. The molecule has 0 fully saturated rings. The highest BCUT2D eigenvalue weighted by molar-refractivity contribution is 5.72. The van der Waals surface area contributed by atoms with E-state index < -0.39 is 35.3 Å². The van der Waals surface area contributed by atoms with Gasteiger partial charge >= 0.3 is 18.2 Å². The minimum atomic E-state index is -3.06. The summed E-state index contributed by atoms with van der Waals surface area (Å²) in [5, 5.41) is 19.2. The minimum Gasteiger partial charge on any atom is -0.492 e. The van der Waals surface area contributed by atoms with Crippen LogP contribution in [0.1, 0.15) is 17.7 Å². The van der Waals surface area contributed by atoms with E-state index in [-0.39, 0.29) is 11.3 Å². The summed E-state index contributed by atoms with van der Waals surface area (Å²) in [6, 6.07) is 0.890. The van der Waals surface area contributed by atoms with Crippen molar-refractivity contribution in [2.45, 2.75) is 12.8 Å². The van der Waals surface area contributed by atoms with E-state index in [2.05, 4.69) is 9.72 Å². The number of halogens is 2. The predicted octanol–water partition coefficient (Wildman–Crippen LogP) is 1.56. The van der Waals surface area contributed by atoms with Crippen molar-refractivity contribution in [3.63, 3.8) is 0 Å². The lowest BCUT2D eigenvalue weighted by molar-refractivity contribution is -0.390. The Morgan fingerprint density at radius 1 is 1.67 bits per heavy atom. The van der Waals surface area contributed by atoms with E-state index >= 15 is 0 Å². The van der Waals surface area contributed by atoms with Gasteiger partial charge in [0.15, 0.2) is 5.75 Å². The van der Waals surface area contributed by atoms with Crippen LogP contribution in [-0.4, -0.2) is 28.1 Å². The number of carboxylic acid groups (broad SMARTS) is 1. The van der Waals surface area contributed by atoms with Gasteiger partial charge in [0, 0.05) is 0 Å². The molecule has 0 aliphatic carbocycles. The van der Waals surface area contributed by atoms with Crippen LogP contribution in [0.2, 0.25) is 0 Å². The maximum Gasteiger partial charge on any atom is 0.368 e. The molecule has 0 atom stereocenters. The van der Waals surface area contributed by atoms with Gasteiger partial charge in [-0.15, -0.1) is 0 Å². The zero-order chi connectivity index (χ0) is 13.9. The molecule has 7 nitrogen and oxygen atoms in total. The molecule has 1 aromatic rings. The van der Waals surface area contributed by atoms with Gasteiger partial charge in [0.25, 0.3) is 5.69 Å². The first-order valence-corrected chi connectivity index (χ1v) is 4.59. The fraction of sp³-hybridized carbons (Fsp3) is 0.333. The Morgan fingerprint density at radius 2 is 2.28 bits per heavy atom. The number of alkyl halides is 2. The molecule has 1 heterocycles. The quantitative estimate of drug-likeness (QED) is 0.638. The third-order valence-corrected chi connectivity index (χ3v) is 2.01. The number of aliphatic carboxylic acids is 1. The highest BCUT2D eigenvalue weighted by Crippen LogP contribution is 2.31. The van der Waals surface area contributed by atoms with Gasteiger partial charge in [-0.2, -0.15) is 0 Å². The number of rotatable bonds is 5. The highest BCUT2D eigenvalue weighted by Gasteiger charge is 2.28. The van der Waals surface area contributed by atoms with E-state index in [0.29, 0.717) is 0 Å². The molecule has 1 rings (SSSR count). The summed E-state index contributed by atoms with van der Waals surface area (Å²) in [6.07, 6.45) is -3.76. The van der Waals surface area contributed by atoms with Crippen LogP contribution in [0.4, 0.5) is 14.6 Å². The molecule has 0 spiro atoms. The van der Waals surface area contributed by atoms with Gasteiger partial charge in [0.05, 0.1) is 19.1 Å². The summed E-state index contributed by atoms with van der Waals surface area (Å²) in [5.41, 5.74) is -1.19. The molecule has 0 aliphatic heterocycles. The lowest BCUT2D eigenvalue weighted by Gasteiger charge is -2.06. The molecule has 0 unspecified atom stereocenters. The number of hydrogen-bond donors (Lipinski definition) is 1. The summed E-state index contributed by atoms with van der Waals surface area (Å²) < 4.78 is 29.7. The fourth-order valence-electron chi connectivity index (χ4n) is 1.31. The van der Waals surface area contributed by atoms with Crippen molar-refractivity contribution in [2.75, 3.05) is 7.11 Å². The smallest absolute Gasteiger partial charge is 0.368 e. The Labute approximate surface area is 99.2 Å². The molecular weight excluding hydrogens is 254 g/mol. The number of carbonyl (C=O) groups is 1. The Bertz CT molecular complexity index is 492. The zero-order valence-electron chi connectivity index (χ0n) is 9.09. The number of aromatic nitrogens is 1. The van der Waals surface area contributed by atoms with Crippen molar-refractivity contribution in [3.05, 3.63) is 27.4 Å². The van der Waals surface area contributed by atoms with Gasteiger partial charge in [0.1, 0.15) is 0 Å². The van der Waals surface area contributed by atoms with Gasteiger partial charge in [-0.1, -0.05) is 0 Å². The molecule has 0 saturated heterocycles. The summed E-state index contributed by atoms with van der Waals surface area (Å²) in [7, 11) is 1.08. The number of methoxy groups -OCH3 is 1. The fourth-order valence-corrected chi connectivity index (χ4v) is 1.31. The second-order valence-electron chi connectivity index (χ2n) is 3.19. The first-order valence-electron chi connectivity index (χ1n) is 4.59. The number of ether oxygens (including phenoxy) is 1. The van der Waals surface area contributed by atoms with E-state index in [1.807, 2.05) is 0 Å². The van der Waals surface area contributed by atoms with E-state index in [9.17, 15) is 23.7 Å². The number of pyridine rings is 1. The number of nitrogens with zero attached hydrogens (tertiary/aromatic N) is 2. The summed E-state index contributed by atoms with van der Waals surface area (Å²) in [6.45, 7) is 0. The van der Waals surface area contributed by atoms with Crippen molar-refractivity contribution in [2.24, 2.45) is 0 Å². The molecule has 0 aliphatic rings. The van der Waals surface area contributed by atoms with Crippen LogP contribution in [0.25, 0.3) is 0 Å². The normalized spacial score (nSPS) is 10.4. The molecule has 0 radical (unpaired) electrons. The third kappa shape index (κ3) is 2.87. The van der Waals surface area contributed by atoms with Crippen molar-refractivity contribution in [3.8, 4) is 5.75 Å². The van der Waals surface area contributed by atoms with E-state index in [1.54, 1.807) is 0 Å². The average molecular weight is 262 g/mol. The maximum absolute atomic E-state index is 12.6. The second kappa shape index (κ2) is 5.34. The van der Waals surface area contributed by atoms with E-state index in [1.165, 1.54) is 0 Å². The predicted molar refractivity (Wildman–Crippen MR) is 53.7 cm³/mol. The van der Waals surface area contributed by atoms with Crippen molar-refractivity contribution in [1.82, 2.24) is 4.98 Å². The molecule has 1 aromatic heterocycles. The lowest BCUT2D eigenvalue weighted by atomic mass is 10.1. The Hall–Kier alpha value is -2.32. The molecule has 18 heavy (non-hydrogen) atoms. The first-order chi connectivity index (χ1) is 8.36. The Morgan fingerprint density at radius 3 is 2.67 bits per heavy atom. The molecule has 0 aromatic carbocycles. The Kier molecular flexibility index (Phi) is 4.08. The van der Waals surface area contributed by atoms with Gasteiger partial charge in [-0.25, -0.2) is 8.78 Å². The van der Waals surface area contributed by atoms with Crippen LogP contribution in [-0.2, 0) is 11.2 Å². The highest BCUT2D eigenvalue weighted by atomic mass is 19.3. The largest absolute Gasteiger partial charge is 0.492 e. The Balaban J connectivity index is 3.41. The number of hydrogen-bond acceptors (Lipinski definition) is 5. The van der Waals surface area contributed by atoms with Gasteiger partial charge < -0.3 is 20.0 Å². The van der Waals surface area contributed by atoms with Crippen LogP contribution < -0.4 is 4.74 Å². The molecule has 1 N–H and O–H groups in total. The molecule has 0 saturated carbocycles. The molecule has 9 heteroatoms. The van der Waals surface area contributed by atoms with Crippen LogP contribution in [0.5, 0.6) is 5.75 Å². The lowest BCUT2D eigenvalue weighted by Crippen LogP contribution is -2.08. The van der Waals surface area contributed by atoms with Crippen molar-refractivity contribution in [1.29, 1.82) is 0 Å². The standard InChI is InChI=1S/C9H8F2N2O5/c1-18-5-2-4(3-6(14)15)9(13(16)17)12-7(5)8(10)11/h2,8H,3H2,1H3,(H,14,15). The topological polar surface area (TPSA) is 103 Å². The van der Waals surface area contributed by atoms with Crippen LogP contribution in [0.3, 0.4) is 0 Å². The second-order valence-corrected chi connectivity index (χ2v) is 3.19. The molecule has 98 valence electrons. The SMILES string of the molecule is COc1cc(CC(=O)O)c([N+](=O)[O-])nc1C(F)F. The maximum atomic E-state index is 12.6. The summed E-state index contributed by atoms with van der Waals surface area (Å²) >= 11 is 0.